The molecule has 66 valence electrons. The molecule has 2 nitrogen and oxygen atoms in total. The van der Waals surface area contributed by atoms with Crippen LogP contribution in [0.4, 0.5) is 4.39 Å². The second-order valence-electron chi connectivity index (χ2n) is 2.64. The maximum atomic E-state index is 13.0. The zero-order valence-corrected chi connectivity index (χ0v) is 6.70. The van der Waals surface area contributed by atoms with Gasteiger partial charge in [-0.1, -0.05) is 18.2 Å². The standard InChI is InChI=1S/C9H12FNO/c10-8-4-2-1-3-7(8)9(11)5-6-12/h1-4,9,12H,5-6,11H2/t9-/m0/s1. The van der Waals surface area contributed by atoms with Gasteiger partial charge < -0.3 is 10.8 Å². The molecule has 0 saturated carbocycles. The van der Waals surface area contributed by atoms with E-state index in [2.05, 4.69) is 0 Å². The molecule has 3 heteroatoms. The van der Waals surface area contributed by atoms with E-state index in [1.807, 2.05) is 0 Å². The molecule has 0 amide bonds. The Bertz CT molecular complexity index is 252. The van der Waals surface area contributed by atoms with Crippen molar-refractivity contribution in [3.63, 3.8) is 0 Å². The number of benzene rings is 1. The van der Waals surface area contributed by atoms with Gasteiger partial charge in [0.15, 0.2) is 0 Å². The third kappa shape index (κ3) is 2.03. The van der Waals surface area contributed by atoms with Crippen LogP contribution in [0.2, 0.25) is 0 Å². The third-order valence-corrected chi connectivity index (χ3v) is 1.74. The molecule has 0 aliphatic heterocycles. The molecule has 3 N–H and O–H groups in total. The Morgan fingerprint density at radius 1 is 1.42 bits per heavy atom. The first kappa shape index (κ1) is 9.16. The van der Waals surface area contributed by atoms with Gasteiger partial charge in [0.2, 0.25) is 0 Å². The van der Waals surface area contributed by atoms with Gasteiger partial charge in [0.25, 0.3) is 0 Å². The van der Waals surface area contributed by atoms with Crippen molar-refractivity contribution >= 4 is 0 Å². The summed E-state index contributed by atoms with van der Waals surface area (Å²) in [5.74, 6) is -0.307. The highest BCUT2D eigenvalue weighted by molar-refractivity contribution is 5.20. The van der Waals surface area contributed by atoms with Gasteiger partial charge in [0.05, 0.1) is 0 Å². The summed E-state index contributed by atoms with van der Waals surface area (Å²) >= 11 is 0. The highest BCUT2D eigenvalue weighted by Gasteiger charge is 2.08. The summed E-state index contributed by atoms with van der Waals surface area (Å²) in [6, 6.07) is 5.94. The largest absolute Gasteiger partial charge is 0.396 e. The molecule has 0 aromatic heterocycles. The summed E-state index contributed by atoms with van der Waals surface area (Å²) in [5, 5.41) is 8.59. The summed E-state index contributed by atoms with van der Waals surface area (Å²) in [6.07, 6.45) is 0.390. The lowest BCUT2D eigenvalue weighted by atomic mass is 10.0. The van der Waals surface area contributed by atoms with Crippen LogP contribution in [0, 0.1) is 5.82 Å². The van der Waals surface area contributed by atoms with Crippen LogP contribution in [0.1, 0.15) is 18.0 Å². The monoisotopic (exact) mass is 169 g/mol. The topological polar surface area (TPSA) is 46.2 Å². The first-order valence-corrected chi connectivity index (χ1v) is 3.86. The fourth-order valence-electron chi connectivity index (χ4n) is 1.07. The predicted molar refractivity (Wildman–Crippen MR) is 45.0 cm³/mol. The molecule has 12 heavy (non-hydrogen) atoms. The molecule has 1 aromatic rings. The van der Waals surface area contributed by atoms with E-state index in [-0.39, 0.29) is 12.4 Å². The van der Waals surface area contributed by atoms with Crippen molar-refractivity contribution in [2.75, 3.05) is 6.61 Å². The van der Waals surface area contributed by atoms with Gasteiger partial charge >= 0.3 is 0 Å². The quantitative estimate of drug-likeness (QED) is 0.714. The average molecular weight is 169 g/mol. The Labute approximate surface area is 70.8 Å². The highest BCUT2D eigenvalue weighted by Crippen LogP contribution is 2.16. The second kappa shape index (κ2) is 4.18. The maximum Gasteiger partial charge on any atom is 0.127 e. The van der Waals surface area contributed by atoms with Crippen LogP contribution in [0.15, 0.2) is 24.3 Å². The zero-order chi connectivity index (χ0) is 8.97. The van der Waals surface area contributed by atoms with Crippen LogP contribution in [0.25, 0.3) is 0 Å². The molecule has 1 atom stereocenters. The minimum atomic E-state index is -0.406. The predicted octanol–water partition coefficient (Wildman–Crippen LogP) is 1.21. The maximum absolute atomic E-state index is 13.0. The van der Waals surface area contributed by atoms with Crippen LogP contribution < -0.4 is 5.73 Å². The van der Waals surface area contributed by atoms with Crippen molar-refractivity contribution in [1.29, 1.82) is 0 Å². The Balaban J connectivity index is 2.79. The highest BCUT2D eigenvalue weighted by atomic mass is 19.1. The average Bonchev–Trinajstić information content (AvgIpc) is 2.05. The molecule has 0 aliphatic carbocycles. The second-order valence-corrected chi connectivity index (χ2v) is 2.64. The zero-order valence-electron chi connectivity index (χ0n) is 6.70. The first-order valence-electron chi connectivity index (χ1n) is 3.86. The van der Waals surface area contributed by atoms with E-state index in [1.54, 1.807) is 18.2 Å². The number of aliphatic hydroxyl groups excluding tert-OH is 1. The Kier molecular flexibility index (Phi) is 3.19. The SMILES string of the molecule is N[C@@H](CCO)c1ccccc1F. The Morgan fingerprint density at radius 2 is 2.08 bits per heavy atom. The van der Waals surface area contributed by atoms with Gasteiger partial charge in [-0.15, -0.1) is 0 Å². The number of aliphatic hydroxyl groups is 1. The van der Waals surface area contributed by atoms with Crippen molar-refractivity contribution in [3.05, 3.63) is 35.6 Å². The molecule has 0 fully saturated rings. The molecule has 0 heterocycles. The molecule has 0 unspecified atom stereocenters. The fourth-order valence-corrected chi connectivity index (χ4v) is 1.07. The number of hydrogen-bond donors (Lipinski definition) is 2. The lowest BCUT2D eigenvalue weighted by molar-refractivity contribution is 0.275. The smallest absolute Gasteiger partial charge is 0.127 e. The van der Waals surface area contributed by atoms with Gasteiger partial charge in [-0.2, -0.15) is 0 Å². The van der Waals surface area contributed by atoms with Crippen molar-refractivity contribution in [1.82, 2.24) is 0 Å². The summed E-state index contributed by atoms with van der Waals surface area (Å²) in [4.78, 5) is 0. The van der Waals surface area contributed by atoms with E-state index in [1.165, 1.54) is 6.07 Å². The van der Waals surface area contributed by atoms with Crippen LogP contribution in [0.5, 0.6) is 0 Å². The van der Waals surface area contributed by atoms with E-state index in [4.69, 9.17) is 10.8 Å². The van der Waals surface area contributed by atoms with Gasteiger partial charge in [-0.25, -0.2) is 4.39 Å². The molecule has 1 aromatic carbocycles. The molecule has 0 bridgehead atoms. The summed E-state index contributed by atoms with van der Waals surface area (Å²) in [6.45, 7) is -0.0184. The number of hydrogen-bond acceptors (Lipinski definition) is 2. The minimum absolute atomic E-state index is 0.0184. The van der Waals surface area contributed by atoms with Crippen LogP contribution in [-0.4, -0.2) is 11.7 Å². The minimum Gasteiger partial charge on any atom is -0.396 e. The summed E-state index contributed by atoms with van der Waals surface area (Å²) in [5.41, 5.74) is 6.07. The van der Waals surface area contributed by atoms with Gasteiger partial charge in [-0.05, 0) is 12.5 Å². The normalized spacial score (nSPS) is 12.9. The number of nitrogens with two attached hydrogens (primary N) is 1. The Morgan fingerprint density at radius 3 is 2.67 bits per heavy atom. The van der Waals surface area contributed by atoms with E-state index >= 15 is 0 Å². The molecular formula is C9H12FNO. The van der Waals surface area contributed by atoms with E-state index < -0.39 is 6.04 Å². The number of rotatable bonds is 3. The molecule has 0 radical (unpaired) electrons. The lowest BCUT2D eigenvalue weighted by Crippen LogP contribution is -2.13. The van der Waals surface area contributed by atoms with Gasteiger partial charge in [0, 0.05) is 18.2 Å². The summed E-state index contributed by atoms with van der Waals surface area (Å²) in [7, 11) is 0. The molecule has 0 spiro atoms. The van der Waals surface area contributed by atoms with Crippen molar-refractivity contribution in [2.45, 2.75) is 12.5 Å². The number of halogens is 1. The molecule has 1 rings (SSSR count). The van der Waals surface area contributed by atoms with Crippen molar-refractivity contribution in [2.24, 2.45) is 5.73 Å². The first-order chi connectivity index (χ1) is 5.75. The molecular weight excluding hydrogens is 157 g/mol. The van der Waals surface area contributed by atoms with Gasteiger partial charge in [-0.3, -0.25) is 0 Å². The lowest BCUT2D eigenvalue weighted by Gasteiger charge is -2.10. The van der Waals surface area contributed by atoms with Crippen LogP contribution in [-0.2, 0) is 0 Å². The van der Waals surface area contributed by atoms with E-state index in [0.717, 1.165) is 0 Å². The molecule has 0 aliphatic rings. The van der Waals surface area contributed by atoms with Crippen LogP contribution in [0.3, 0.4) is 0 Å². The van der Waals surface area contributed by atoms with Crippen LogP contribution >= 0.6 is 0 Å². The van der Waals surface area contributed by atoms with Crippen molar-refractivity contribution in [3.8, 4) is 0 Å². The van der Waals surface area contributed by atoms with E-state index in [9.17, 15) is 4.39 Å². The van der Waals surface area contributed by atoms with Gasteiger partial charge in [0.1, 0.15) is 5.82 Å². The van der Waals surface area contributed by atoms with Crippen molar-refractivity contribution < 1.29 is 9.50 Å². The summed E-state index contributed by atoms with van der Waals surface area (Å²) < 4.78 is 13.0. The Hall–Kier alpha value is -0.930. The fraction of sp³-hybridized carbons (Fsp3) is 0.333. The third-order valence-electron chi connectivity index (χ3n) is 1.74. The molecule has 0 saturated heterocycles. The van der Waals surface area contributed by atoms with E-state index in [0.29, 0.717) is 12.0 Å².